The smallest absolute Gasteiger partial charge is 0.317 e. The molecule has 1 saturated carbocycles. The average molecular weight is 450 g/mol. The molecule has 160 valence electrons. The first-order valence-corrected chi connectivity index (χ1v) is 11.2. The molecule has 0 radical (unpaired) electrons. The highest BCUT2D eigenvalue weighted by Gasteiger charge is 2.49. The third-order valence-corrected chi connectivity index (χ3v) is 7.38. The second kappa shape index (κ2) is 7.97. The third kappa shape index (κ3) is 3.54. The van der Waals surface area contributed by atoms with Gasteiger partial charge in [-0.25, -0.2) is 0 Å². The molecule has 2 fully saturated rings. The number of Topliss-reactive ketones (excluding diaryl/α,β-unsaturated/α-hetero) is 1. The van der Waals surface area contributed by atoms with E-state index in [0.29, 0.717) is 35.4 Å². The molecule has 1 unspecified atom stereocenters. The summed E-state index contributed by atoms with van der Waals surface area (Å²) in [6, 6.07) is 4.56. The highest BCUT2D eigenvalue weighted by atomic mass is 35.5. The van der Waals surface area contributed by atoms with Gasteiger partial charge in [0.15, 0.2) is 6.04 Å². The summed E-state index contributed by atoms with van der Waals surface area (Å²) in [5.41, 5.74) is 0.821. The molecular formula is C22H25Cl2N3O3. The highest BCUT2D eigenvalue weighted by molar-refractivity contribution is 6.45. The fourth-order valence-corrected chi connectivity index (χ4v) is 5.33. The van der Waals surface area contributed by atoms with E-state index in [2.05, 4.69) is 4.99 Å². The molecule has 1 aromatic rings. The van der Waals surface area contributed by atoms with E-state index in [1.54, 1.807) is 15.9 Å². The molecule has 2 amide bonds. The summed E-state index contributed by atoms with van der Waals surface area (Å²) in [4.78, 5) is 45.6. The number of rotatable bonds is 4. The van der Waals surface area contributed by atoms with Crippen LogP contribution in [0.3, 0.4) is 0 Å². The summed E-state index contributed by atoms with van der Waals surface area (Å²) in [5.74, 6) is -1.33. The van der Waals surface area contributed by atoms with Crippen molar-refractivity contribution in [3.8, 4) is 0 Å². The Morgan fingerprint density at radius 2 is 1.80 bits per heavy atom. The minimum absolute atomic E-state index is 0.0257. The lowest BCUT2D eigenvalue weighted by atomic mass is 9.75. The topological polar surface area (TPSA) is 70.0 Å². The first-order chi connectivity index (χ1) is 14.2. The van der Waals surface area contributed by atoms with Crippen LogP contribution >= 0.6 is 23.2 Å². The van der Waals surface area contributed by atoms with Crippen LogP contribution in [-0.4, -0.2) is 58.4 Å². The average Bonchev–Trinajstić information content (AvgIpc) is 3.17. The lowest BCUT2D eigenvalue weighted by molar-refractivity contribution is -0.151. The van der Waals surface area contributed by atoms with Crippen molar-refractivity contribution >= 4 is 46.6 Å². The van der Waals surface area contributed by atoms with Gasteiger partial charge < -0.3 is 9.80 Å². The van der Waals surface area contributed by atoms with E-state index in [1.165, 1.54) is 0 Å². The minimum Gasteiger partial charge on any atom is -0.339 e. The Balaban J connectivity index is 1.69. The first-order valence-electron chi connectivity index (χ1n) is 10.4. The van der Waals surface area contributed by atoms with Gasteiger partial charge in [0.1, 0.15) is 5.84 Å². The molecule has 0 spiro atoms. The van der Waals surface area contributed by atoms with Crippen LogP contribution in [0, 0.1) is 0 Å². The van der Waals surface area contributed by atoms with Crippen molar-refractivity contribution in [1.82, 2.24) is 9.80 Å². The van der Waals surface area contributed by atoms with Crippen LogP contribution in [0.4, 0.5) is 0 Å². The van der Waals surface area contributed by atoms with Crippen LogP contribution in [-0.2, 0) is 19.8 Å². The van der Waals surface area contributed by atoms with E-state index in [9.17, 15) is 14.4 Å². The number of piperazine rings is 1. The minimum atomic E-state index is -1.09. The number of fused-ring (bicyclic) bond motifs is 1. The number of amidine groups is 1. The van der Waals surface area contributed by atoms with Gasteiger partial charge in [-0.15, -0.1) is 0 Å². The molecule has 6 nitrogen and oxygen atoms in total. The molecule has 3 aliphatic rings. The summed E-state index contributed by atoms with van der Waals surface area (Å²) in [5, 5.41) is 0.996. The fraction of sp³-hybridized carbons (Fsp3) is 0.545. The Morgan fingerprint density at radius 1 is 1.10 bits per heavy atom. The van der Waals surface area contributed by atoms with Crippen molar-refractivity contribution in [1.29, 1.82) is 0 Å². The van der Waals surface area contributed by atoms with E-state index in [4.69, 9.17) is 23.2 Å². The van der Waals surface area contributed by atoms with Gasteiger partial charge in [-0.05, 0) is 44.4 Å². The van der Waals surface area contributed by atoms with Crippen molar-refractivity contribution in [3.63, 3.8) is 0 Å². The van der Waals surface area contributed by atoms with Crippen molar-refractivity contribution in [2.75, 3.05) is 13.1 Å². The van der Waals surface area contributed by atoms with Crippen LogP contribution < -0.4 is 0 Å². The molecule has 1 saturated heterocycles. The molecule has 1 atom stereocenters. The Kier molecular flexibility index (Phi) is 5.66. The zero-order valence-electron chi connectivity index (χ0n) is 17.2. The zero-order valence-corrected chi connectivity index (χ0v) is 18.7. The molecule has 1 aliphatic carbocycles. The number of ketones is 1. The van der Waals surface area contributed by atoms with Crippen LogP contribution in [0.1, 0.15) is 51.5 Å². The SMILES string of the molecule is CC(C)N1CCN2C(CC3(c4ccc(Cl)c(Cl)c4)CCCC3)=NC(=O)C(=O)C2C1=O. The van der Waals surface area contributed by atoms with E-state index in [0.717, 1.165) is 31.2 Å². The number of carbonyl (C=O) groups excluding carboxylic acids is 3. The molecule has 2 aliphatic heterocycles. The number of halogens is 2. The molecule has 0 aromatic heterocycles. The normalized spacial score (nSPS) is 23.8. The zero-order chi connectivity index (χ0) is 21.6. The Bertz CT molecular complexity index is 938. The van der Waals surface area contributed by atoms with Crippen LogP contribution in [0.2, 0.25) is 10.0 Å². The van der Waals surface area contributed by atoms with Gasteiger partial charge in [0, 0.05) is 31.0 Å². The summed E-state index contributed by atoms with van der Waals surface area (Å²) < 4.78 is 0. The molecule has 30 heavy (non-hydrogen) atoms. The van der Waals surface area contributed by atoms with Crippen molar-refractivity contribution < 1.29 is 14.4 Å². The highest BCUT2D eigenvalue weighted by Crippen LogP contribution is 2.46. The first kappa shape index (κ1) is 21.3. The lowest BCUT2D eigenvalue weighted by Crippen LogP contribution is -2.66. The second-order valence-electron chi connectivity index (χ2n) is 8.71. The quantitative estimate of drug-likeness (QED) is 0.519. The Morgan fingerprint density at radius 3 is 2.43 bits per heavy atom. The predicted octanol–water partition coefficient (Wildman–Crippen LogP) is 3.62. The van der Waals surface area contributed by atoms with Crippen LogP contribution in [0.15, 0.2) is 23.2 Å². The number of nitrogens with zero attached hydrogens (tertiary/aromatic N) is 3. The molecule has 4 rings (SSSR count). The van der Waals surface area contributed by atoms with Crippen molar-refractivity contribution in [3.05, 3.63) is 33.8 Å². The van der Waals surface area contributed by atoms with Crippen LogP contribution in [0.5, 0.6) is 0 Å². The number of amides is 2. The third-order valence-electron chi connectivity index (χ3n) is 6.64. The number of hydrogen-bond donors (Lipinski definition) is 0. The summed E-state index contributed by atoms with van der Waals surface area (Å²) in [7, 11) is 0. The van der Waals surface area contributed by atoms with Gasteiger partial charge in [-0.1, -0.05) is 42.1 Å². The maximum atomic E-state index is 13.0. The van der Waals surface area contributed by atoms with Gasteiger partial charge >= 0.3 is 5.91 Å². The summed E-state index contributed by atoms with van der Waals surface area (Å²) >= 11 is 12.4. The Hall–Kier alpha value is -1.92. The number of hydrogen-bond acceptors (Lipinski definition) is 4. The standard InChI is InChI=1S/C22H25Cl2N3O3/c1-13(2)26-9-10-27-17(25-20(29)19(28)18(27)21(26)30)12-22(7-3-4-8-22)14-5-6-15(23)16(24)11-14/h5-6,11,13,18H,3-4,7-10,12H2,1-2H3. The number of benzene rings is 1. The predicted molar refractivity (Wildman–Crippen MR) is 116 cm³/mol. The van der Waals surface area contributed by atoms with Gasteiger partial charge in [0.2, 0.25) is 0 Å². The van der Waals surface area contributed by atoms with E-state index in [1.807, 2.05) is 26.0 Å². The van der Waals surface area contributed by atoms with Gasteiger partial charge in [0.25, 0.3) is 11.7 Å². The lowest BCUT2D eigenvalue weighted by Gasteiger charge is -2.45. The monoisotopic (exact) mass is 449 g/mol. The van der Waals surface area contributed by atoms with Gasteiger partial charge in [-0.3, -0.25) is 14.4 Å². The van der Waals surface area contributed by atoms with E-state index in [-0.39, 0.29) is 17.4 Å². The van der Waals surface area contributed by atoms with Crippen LogP contribution in [0.25, 0.3) is 0 Å². The molecule has 0 bridgehead atoms. The fourth-order valence-electron chi connectivity index (χ4n) is 5.03. The van der Waals surface area contributed by atoms with Gasteiger partial charge in [-0.2, -0.15) is 4.99 Å². The number of aliphatic imine (C=N–C) groups is 1. The van der Waals surface area contributed by atoms with Gasteiger partial charge in [0.05, 0.1) is 10.0 Å². The molecule has 2 heterocycles. The van der Waals surface area contributed by atoms with Crippen molar-refractivity contribution in [2.45, 2.75) is 63.5 Å². The largest absolute Gasteiger partial charge is 0.339 e. The maximum Gasteiger partial charge on any atom is 0.317 e. The van der Waals surface area contributed by atoms with E-state index < -0.39 is 17.7 Å². The molecule has 0 N–H and O–H groups in total. The molecule has 8 heteroatoms. The number of carbonyl (C=O) groups is 3. The molecule has 1 aromatic carbocycles. The molecular weight excluding hydrogens is 425 g/mol. The Labute approximate surface area is 186 Å². The second-order valence-corrected chi connectivity index (χ2v) is 9.53. The summed E-state index contributed by atoms with van der Waals surface area (Å²) in [6.45, 7) is 4.82. The summed E-state index contributed by atoms with van der Waals surface area (Å²) in [6.07, 6.45) is 4.47. The maximum absolute atomic E-state index is 13.0. The van der Waals surface area contributed by atoms with Crippen molar-refractivity contribution in [2.24, 2.45) is 4.99 Å². The van der Waals surface area contributed by atoms with E-state index >= 15 is 0 Å².